The van der Waals surface area contributed by atoms with Gasteiger partial charge in [0.1, 0.15) is 0 Å². The van der Waals surface area contributed by atoms with Gasteiger partial charge in [-0.3, -0.25) is 4.79 Å². The first-order valence-corrected chi connectivity index (χ1v) is 8.78. The molecular weight excluding hydrogens is 288 g/mol. The zero-order valence-electron chi connectivity index (χ0n) is 12.6. The number of likely N-dealkylation sites (N-methyl/N-ethyl adjacent to an activating group) is 1. The first kappa shape index (κ1) is 16.1. The van der Waals surface area contributed by atoms with Gasteiger partial charge in [0, 0.05) is 38.2 Å². The number of carbonyl (C=O) groups is 1. The topological polar surface area (TPSA) is 57.7 Å². The molecule has 0 radical (unpaired) electrons. The average Bonchev–Trinajstić information content (AvgIpc) is 2.54. The Hall–Kier alpha value is -1.24. The zero-order chi connectivity index (χ0) is 15.5. The van der Waals surface area contributed by atoms with Gasteiger partial charge in [0.15, 0.2) is 5.78 Å². The SMILES string of the molecule is CCC(=O)c1ccc(S(=O)(=O)N2CCN(CC)CC2)cc1. The van der Waals surface area contributed by atoms with Crippen molar-refractivity contribution < 1.29 is 13.2 Å². The van der Waals surface area contributed by atoms with E-state index in [2.05, 4.69) is 11.8 Å². The van der Waals surface area contributed by atoms with E-state index in [1.807, 2.05) is 0 Å². The number of ketones is 1. The van der Waals surface area contributed by atoms with Crippen LogP contribution in [0, 0.1) is 0 Å². The molecule has 116 valence electrons. The van der Waals surface area contributed by atoms with Crippen LogP contribution in [0.2, 0.25) is 0 Å². The molecule has 0 saturated carbocycles. The molecule has 1 aliphatic heterocycles. The van der Waals surface area contributed by atoms with Gasteiger partial charge in [-0.15, -0.1) is 0 Å². The molecule has 5 nitrogen and oxygen atoms in total. The third-order valence-electron chi connectivity index (χ3n) is 3.91. The molecule has 21 heavy (non-hydrogen) atoms. The fraction of sp³-hybridized carbons (Fsp3) is 0.533. The fourth-order valence-electron chi connectivity index (χ4n) is 2.45. The number of carbonyl (C=O) groups excluding carboxylic acids is 1. The monoisotopic (exact) mass is 310 g/mol. The summed E-state index contributed by atoms with van der Waals surface area (Å²) in [4.78, 5) is 14.1. The quantitative estimate of drug-likeness (QED) is 0.775. The number of rotatable bonds is 5. The Balaban J connectivity index is 2.14. The minimum absolute atomic E-state index is 0.0236. The minimum Gasteiger partial charge on any atom is -0.301 e. The van der Waals surface area contributed by atoms with Crippen LogP contribution in [-0.4, -0.2) is 56.1 Å². The second-order valence-electron chi connectivity index (χ2n) is 5.14. The number of nitrogens with zero attached hydrogens (tertiary/aromatic N) is 2. The molecule has 0 aliphatic carbocycles. The maximum absolute atomic E-state index is 12.6. The molecule has 0 atom stereocenters. The Labute approximate surface area is 126 Å². The van der Waals surface area contributed by atoms with Crippen LogP contribution in [0.25, 0.3) is 0 Å². The van der Waals surface area contributed by atoms with Gasteiger partial charge in [-0.2, -0.15) is 4.31 Å². The van der Waals surface area contributed by atoms with E-state index < -0.39 is 10.0 Å². The molecule has 1 heterocycles. The van der Waals surface area contributed by atoms with Crippen LogP contribution in [0.3, 0.4) is 0 Å². The molecule has 2 rings (SSSR count). The zero-order valence-corrected chi connectivity index (χ0v) is 13.4. The fourth-order valence-corrected chi connectivity index (χ4v) is 3.87. The van der Waals surface area contributed by atoms with E-state index in [9.17, 15) is 13.2 Å². The number of hydrogen-bond acceptors (Lipinski definition) is 4. The van der Waals surface area contributed by atoms with E-state index in [-0.39, 0.29) is 10.7 Å². The lowest BCUT2D eigenvalue weighted by Crippen LogP contribution is -2.48. The van der Waals surface area contributed by atoms with Gasteiger partial charge in [0.2, 0.25) is 10.0 Å². The predicted octanol–water partition coefficient (Wildman–Crippen LogP) is 1.61. The summed E-state index contributed by atoms with van der Waals surface area (Å²) in [6.07, 6.45) is 0.422. The molecule has 1 aromatic rings. The number of Topliss-reactive ketones (excluding diaryl/α,β-unsaturated/α-hetero) is 1. The van der Waals surface area contributed by atoms with E-state index in [0.29, 0.717) is 25.1 Å². The highest BCUT2D eigenvalue weighted by Gasteiger charge is 2.27. The molecule has 1 saturated heterocycles. The summed E-state index contributed by atoms with van der Waals surface area (Å²) in [5.41, 5.74) is 0.562. The molecule has 0 amide bonds. The third-order valence-corrected chi connectivity index (χ3v) is 5.83. The molecule has 0 bridgehead atoms. The highest BCUT2D eigenvalue weighted by Crippen LogP contribution is 2.18. The third kappa shape index (κ3) is 3.51. The molecular formula is C15H22N2O3S. The Morgan fingerprint density at radius 3 is 2.10 bits per heavy atom. The summed E-state index contributed by atoms with van der Waals surface area (Å²) in [7, 11) is -3.45. The van der Waals surface area contributed by atoms with Gasteiger partial charge in [-0.1, -0.05) is 26.0 Å². The maximum Gasteiger partial charge on any atom is 0.243 e. The van der Waals surface area contributed by atoms with E-state index >= 15 is 0 Å². The van der Waals surface area contributed by atoms with Crippen LogP contribution < -0.4 is 0 Å². The van der Waals surface area contributed by atoms with Crippen LogP contribution in [0.5, 0.6) is 0 Å². The number of piperazine rings is 1. The van der Waals surface area contributed by atoms with Gasteiger partial charge in [0.05, 0.1) is 4.90 Å². The van der Waals surface area contributed by atoms with Gasteiger partial charge >= 0.3 is 0 Å². The Kier molecular flexibility index (Phi) is 5.13. The lowest BCUT2D eigenvalue weighted by atomic mass is 10.1. The molecule has 6 heteroatoms. The van der Waals surface area contributed by atoms with Gasteiger partial charge in [-0.25, -0.2) is 8.42 Å². The van der Waals surface area contributed by atoms with Gasteiger partial charge in [-0.05, 0) is 18.7 Å². The number of benzene rings is 1. The standard InChI is InChI=1S/C15H22N2O3S/c1-3-15(18)13-5-7-14(8-6-13)21(19,20)17-11-9-16(4-2)10-12-17/h5-8H,3-4,9-12H2,1-2H3. The van der Waals surface area contributed by atoms with Crippen molar-refractivity contribution in [3.63, 3.8) is 0 Å². The Morgan fingerprint density at radius 2 is 1.62 bits per heavy atom. The summed E-state index contributed by atoms with van der Waals surface area (Å²) in [5.74, 6) is 0.0236. The lowest BCUT2D eigenvalue weighted by Gasteiger charge is -2.33. The van der Waals surface area contributed by atoms with Crippen LogP contribution in [0.4, 0.5) is 0 Å². The second-order valence-corrected chi connectivity index (χ2v) is 7.08. The van der Waals surface area contributed by atoms with Crippen molar-refractivity contribution in [1.82, 2.24) is 9.21 Å². The first-order chi connectivity index (χ1) is 9.98. The molecule has 0 N–H and O–H groups in total. The summed E-state index contributed by atoms with van der Waals surface area (Å²) >= 11 is 0. The Morgan fingerprint density at radius 1 is 1.05 bits per heavy atom. The van der Waals surface area contributed by atoms with Crippen molar-refractivity contribution in [3.8, 4) is 0 Å². The molecule has 1 fully saturated rings. The lowest BCUT2D eigenvalue weighted by molar-refractivity contribution is 0.0988. The van der Waals surface area contributed by atoms with Gasteiger partial charge in [0.25, 0.3) is 0 Å². The number of sulfonamides is 1. The van der Waals surface area contributed by atoms with Gasteiger partial charge < -0.3 is 4.90 Å². The molecule has 1 aromatic carbocycles. The normalized spacial score (nSPS) is 17.8. The van der Waals surface area contributed by atoms with E-state index in [4.69, 9.17) is 0 Å². The Bertz CT molecular complexity index is 588. The molecule has 1 aliphatic rings. The highest BCUT2D eigenvalue weighted by atomic mass is 32.2. The molecule has 0 unspecified atom stereocenters. The molecule has 0 spiro atoms. The van der Waals surface area contributed by atoms with Crippen molar-refractivity contribution >= 4 is 15.8 Å². The second kappa shape index (κ2) is 6.68. The van der Waals surface area contributed by atoms with E-state index in [1.54, 1.807) is 19.1 Å². The molecule has 0 aromatic heterocycles. The maximum atomic E-state index is 12.6. The van der Waals surface area contributed by atoms with Crippen molar-refractivity contribution in [2.45, 2.75) is 25.2 Å². The van der Waals surface area contributed by atoms with Crippen LogP contribution in [0.15, 0.2) is 29.2 Å². The van der Waals surface area contributed by atoms with Crippen LogP contribution in [0.1, 0.15) is 30.6 Å². The van der Waals surface area contributed by atoms with Crippen LogP contribution in [-0.2, 0) is 10.0 Å². The number of hydrogen-bond donors (Lipinski definition) is 0. The summed E-state index contributed by atoms with van der Waals surface area (Å²) in [6.45, 7) is 7.39. The smallest absolute Gasteiger partial charge is 0.243 e. The van der Waals surface area contributed by atoms with Crippen LogP contribution >= 0.6 is 0 Å². The summed E-state index contributed by atoms with van der Waals surface area (Å²) in [6, 6.07) is 6.26. The van der Waals surface area contributed by atoms with Crippen molar-refractivity contribution in [1.29, 1.82) is 0 Å². The summed E-state index contributed by atoms with van der Waals surface area (Å²) in [5, 5.41) is 0. The van der Waals surface area contributed by atoms with Crippen molar-refractivity contribution in [2.75, 3.05) is 32.7 Å². The summed E-state index contributed by atoms with van der Waals surface area (Å²) < 4.78 is 26.6. The average molecular weight is 310 g/mol. The minimum atomic E-state index is -3.45. The van der Waals surface area contributed by atoms with E-state index in [1.165, 1.54) is 16.4 Å². The van der Waals surface area contributed by atoms with E-state index in [0.717, 1.165) is 19.6 Å². The predicted molar refractivity (Wildman–Crippen MR) is 81.9 cm³/mol. The first-order valence-electron chi connectivity index (χ1n) is 7.34. The van der Waals surface area contributed by atoms with Crippen molar-refractivity contribution in [2.24, 2.45) is 0 Å². The largest absolute Gasteiger partial charge is 0.301 e. The highest BCUT2D eigenvalue weighted by molar-refractivity contribution is 7.89. The van der Waals surface area contributed by atoms with Crippen molar-refractivity contribution in [3.05, 3.63) is 29.8 Å².